The monoisotopic (exact) mass is 337 g/mol. The van der Waals surface area contributed by atoms with Gasteiger partial charge in [0.25, 0.3) is 5.91 Å². The number of hydrogen-bond acceptors (Lipinski definition) is 6. The third kappa shape index (κ3) is 2.55. The largest absolute Gasteiger partial charge is 0.382 e. The fraction of sp³-hybridized carbons (Fsp3) is 0.294. The van der Waals surface area contributed by atoms with E-state index >= 15 is 0 Å². The van der Waals surface area contributed by atoms with Gasteiger partial charge < -0.3 is 20.9 Å². The zero-order valence-corrected chi connectivity index (χ0v) is 14.1. The molecule has 8 nitrogen and oxygen atoms in total. The maximum Gasteiger partial charge on any atom is 0.254 e. The lowest BCUT2D eigenvalue weighted by Gasteiger charge is -2.40. The van der Waals surface area contributed by atoms with Crippen molar-refractivity contribution in [1.82, 2.24) is 24.4 Å². The van der Waals surface area contributed by atoms with Crippen LogP contribution in [0.5, 0.6) is 0 Å². The standard InChI is InChI=1S/C17H19N7O/c1-9-3-10(2)5-11(4-9)16(25)23-6-12(7-23)24-8-20-13-14(18)21-17(19)22-15(13)24/h3-5,8,12H,6-7H2,1-2H3,(H4,18,19,21,22). The zero-order valence-electron chi connectivity index (χ0n) is 14.1. The number of likely N-dealkylation sites (tertiary alicyclic amines) is 1. The molecule has 1 aromatic carbocycles. The molecule has 3 heterocycles. The van der Waals surface area contributed by atoms with Gasteiger partial charge in [-0.15, -0.1) is 0 Å². The van der Waals surface area contributed by atoms with Crippen molar-refractivity contribution >= 4 is 28.8 Å². The van der Waals surface area contributed by atoms with Gasteiger partial charge in [0.15, 0.2) is 11.5 Å². The number of nitrogens with two attached hydrogens (primary N) is 2. The number of fused-ring (bicyclic) bond motifs is 1. The highest BCUT2D eigenvalue weighted by atomic mass is 16.2. The predicted octanol–water partition coefficient (Wildman–Crippen LogP) is 1.30. The van der Waals surface area contributed by atoms with Crippen LogP contribution in [0.3, 0.4) is 0 Å². The lowest BCUT2D eigenvalue weighted by atomic mass is 10.0. The number of aryl methyl sites for hydroxylation is 2. The Balaban J connectivity index is 1.55. The quantitative estimate of drug-likeness (QED) is 0.728. The van der Waals surface area contributed by atoms with E-state index in [0.29, 0.717) is 24.3 Å². The SMILES string of the molecule is Cc1cc(C)cc(C(=O)N2CC(n3cnc4c(N)nc(N)nc43)C2)c1. The van der Waals surface area contributed by atoms with Crippen molar-refractivity contribution < 1.29 is 4.79 Å². The molecule has 25 heavy (non-hydrogen) atoms. The molecule has 1 aliphatic rings. The Morgan fingerprint density at radius 3 is 2.48 bits per heavy atom. The molecule has 1 fully saturated rings. The molecule has 8 heteroatoms. The molecule has 1 aliphatic heterocycles. The van der Waals surface area contributed by atoms with Gasteiger partial charge in [-0.25, -0.2) is 4.98 Å². The topological polar surface area (TPSA) is 116 Å². The van der Waals surface area contributed by atoms with Gasteiger partial charge in [0.1, 0.15) is 5.52 Å². The Morgan fingerprint density at radius 1 is 1.12 bits per heavy atom. The van der Waals surface area contributed by atoms with Gasteiger partial charge in [0, 0.05) is 18.7 Å². The van der Waals surface area contributed by atoms with E-state index in [1.165, 1.54) is 0 Å². The second-order valence-electron chi connectivity index (χ2n) is 6.53. The van der Waals surface area contributed by atoms with Gasteiger partial charge in [0.05, 0.1) is 12.4 Å². The highest BCUT2D eigenvalue weighted by Gasteiger charge is 2.33. The molecule has 0 bridgehead atoms. The van der Waals surface area contributed by atoms with Crippen LogP contribution < -0.4 is 11.5 Å². The van der Waals surface area contributed by atoms with Crippen LogP contribution in [0, 0.1) is 13.8 Å². The molecule has 0 aliphatic carbocycles. The van der Waals surface area contributed by atoms with Gasteiger partial charge in [-0.3, -0.25) is 4.79 Å². The first-order valence-corrected chi connectivity index (χ1v) is 8.05. The number of nitrogen functional groups attached to an aromatic ring is 2. The predicted molar refractivity (Wildman–Crippen MR) is 95.0 cm³/mol. The Labute approximate surface area is 144 Å². The fourth-order valence-corrected chi connectivity index (χ4v) is 3.30. The molecule has 3 aromatic rings. The minimum absolute atomic E-state index is 0.0427. The van der Waals surface area contributed by atoms with Crippen LogP contribution in [-0.4, -0.2) is 43.4 Å². The third-order valence-electron chi connectivity index (χ3n) is 4.48. The summed E-state index contributed by atoms with van der Waals surface area (Å²) >= 11 is 0. The summed E-state index contributed by atoms with van der Waals surface area (Å²) in [4.78, 5) is 26.9. The van der Waals surface area contributed by atoms with Crippen molar-refractivity contribution in [2.24, 2.45) is 0 Å². The average Bonchev–Trinajstić information content (AvgIpc) is 2.88. The van der Waals surface area contributed by atoms with E-state index in [-0.39, 0.29) is 23.7 Å². The number of rotatable bonds is 2. The summed E-state index contributed by atoms with van der Waals surface area (Å²) in [6, 6.07) is 6.00. The first-order valence-electron chi connectivity index (χ1n) is 8.05. The van der Waals surface area contributed by atoms with E-state index in [1.54, 1.807) is 6.33 Å². The van der Waals surface area contributed by atoms with Gasteiger partial charge in [-0.1, -0.05) is 17.2 Å². The number of carbonyl (C=O) groups excluding carboxylic acids is 1. The number of carbonyl (C=O) groups is 1. The Hall–Kier alpha value is -3.16. The number of benzene rings is 1. The van der Waals surface area contributed by atoms with E-state index in [4.69, 9.17) is 11.5 Å². The molecule has 4 N–H and O–H groups in total. The molecular weight excluding hydrogens is 318 g/mol. The molecule has 0 saturated carbocycles. The highest BCUT2D eigenvalue weighted by molar-refractivity contribution is 5.95. The van der Waals surface area contributed by atoms with Crippen molar-refractivity contribution in [3.63, 3.8) is 0 Å². The molecule has 4 rings (SSSR count). The smallest absolute Gasteiger partial charge is 0.254 e. The van der Waals surface area contributed by atoms with Crippen LogP contribution in [0.1, 0.15) is 27.5 Å². The van der Waals surface area contributed by atoms with Gasteiger partial charge in [-0.05, 0) is 26.0 Å². The summed E-state index contributed by atoms with van der Waals surface area (Å²) in [7, 11) is 0. The Morgan fingerprint density at radius 2 is 1.80 bits per heavy atom. The van der Waals surface area contributed by atoms with Crippen LogP contribution >= 0.6 is 0 Å². The number of amides is 1. The second-order valence-corrected chi connectivity index (χ2v) is 6.53. The van der Waals surface area contributed by atoms with E-state index in [0.717, 1.165) is 16.7 Å². The first kappa shape index (κ1) is 15.4. The molecule has 128 valence electrons. The summed E-state index contributed by atoms with van der Waals surface area (Å²) in [5.41, 5.74) is 15.6. The maximum absolute atomic E-state index is 12.7. The van der Waals surface area contributed by atoms with Gasteiger partial charge in [-0.2, -0.15) is 9.97 Å². The van der Waals surface area contributed by atoms with Crippen molar-refractivity contribution in [2.45, 2.75) is 19.9 Å². The minimum Gasteiger partial charge on any atom is -0.382 e. The lowest BCUT2D eigenvalue weighted by Crippen LogP contribution is -2.50. The summed E-state index contributed by atoms with van der Waals surface area (Å²) in [5, 5.41) is 0. The second kappa shape index (κ2) is 5.44. The van der Waals surface area contributed by atoms with Crippen molar-refractivity contribution in [3.8, 4) is 0 Å². The first-order chi connectivity index (χ1) is 11.9. The lowest BCUT2D eigenvalue weighted by molar-refractivity contribution is 0.0525. The number of nitrogens with zero attached hydrogens (tertiary/aromatic N) is 5. The summed E-state index contributed by atoms with van der Waals surface area (Å²) < 4.78 is 1.91. The zero-order chi connectivity index (χ0) is 17.7. The van der Waals surface area contributed by atoms with Crippen LogP contribution in [0.15, 0.2) is 24.5 Å². The molecule has 1 amide bonds. The molecule has 0 unspecified atom stereocenters. The van der Waals surface area contributed by atoms with E-state index in [1.807, 2.05) is 35.4 Å². The third-order valence-corrected chi connectivity index (χ3v) is 4.48. The Bertz CT molecular complexity index is 968. The molecule has 0 radical (unpaired) electrons. The molecule has 2 aromatic heterocycles. The Kier molecular flexibility index (Phi) is 3.34. The van der Waals surface area contributed by atoms with Crippen LogP contribution in [-0.2, 0) is 0 Å². The molecule has 1 saturated heterocycles. The summed E-state index contributed by atoms with van der Waals surface area (Å²) in [5.74, 6) is 0.430. The van der Waals surface area contributed by atoms with E-state index < -0.39 is 0 Å². The highest BCUT2D eigenvalue weighted by Crippen LogP contribution is 2.28. The van der Waals surface area contributed by atoms with Crippen LogP contribution in [0.25, 0.3) is 11.2 Å². The summed E-state index contributed by atoms with van der Waals surface area (Å²) in [6.07, 6.45) is 1.68. The average molecular weight is 337 g/mol. The van der Waals surface area contributed by atoms with Crippen molar-refractivity contribution in [3.05, 3.63) is 41.2 Å². The van der Waals surface area contributed by atoms with E-state index in [2.05, 4.69) is 21.0 Å². The summed E-state index contributed by atoms with van der Waals surface area (Å²) in [6.45, 7) is 5.19. The maximum atomic E-state index is 12.7. The van der Waals surface area contributed by atoms with Crippen LogP contribution in [0.4, 0.5) is 11.8 Å². The van der Waals surface area contributed by atoms with E-state index in [9.17, 15) is 4.79 Å². The normalized spacial score (nSPS) is 14.7. The van der Waals surface area contributed by atoms with Crippen molar-refractivity contribution in [1.29, 1.82) is 0 Å². The van der Waals surface area contributed by atoms with Crippen molar-refractivity contribution in [2.75, 3.05) is 24.6 Å². The molecule has 0 spiro atoms. The van der Waals surface area contributed by atoms with Gasteiger partial charge >= 0.3 is 0 Å². The minimum atomic E-state index is 0.0427. The number of anilines is 2. The number of aromatic nitrogens is 4. The molecular formula is C17H19N7O. The van der Waals surface area contributed by atoms with Gasteiger partial charge in [0.2, 0.25) is 5.95 Å². The number of hydrogen-bond donors (Lipinski definition) is 2. The molecule has 0 atom stereocenters. The number of imidazole rings is 1. The fourth-order valence-electron chi connectivity index (χ4n) is 3.30. The van der Waals surface area contributed by atoms with Crippen LogP contribution in [0.2, 0.25) is 0 Å².